The summed E-state index contributed by atoms with van der Waals surface area (Å²) in [6, 6.07) is 0.829. The molecule has 1 heterocycles. The fourth-order valence-electron chi connectivity index (χ4n) is 1.80. The summed E-state index contributed by atoms with van der Waals surface area (Å²) in [4.78, 5) is 2.61. The molecule has 1 aliphatic heterocycles. The molecule has 0 bridgehead atoms. The molecule has 1 saturated heterocycles. The molecule has 11 heavy (non-hydrogen) atoms. The van der Waals surface area contributed by atoms with Crippen molar-refractivity contribution in [2.45, 2.75) is 45.1 Å². The SMILES string of the molecule is [CH2]CCCN1CCCCC1C. The summed E-state index contributed by atoms with van der Waals surface area (Å²) in [7, 11) is 0. The van der Waals surface area contributed by atoms with Crippen LogP contribution in [0.4, 0.5) is 0 Å². The van der Waals surface area contributed by atoms with Crippen LogP contribution >= 0.6 is 0 Å². The van der Waals surface area contributed by atoms with Gasteiger partial charge in [0.05, 0.1) is 0 Å². The van der Waals surface area contributed by atoms with Crippen molar-refractivity contribution in [3.8, 4) is 0 Å². The van der Waals surface area contributed by atoms with Crippen LogP contribution in [0.5, 0.6) is 0 Å². The van der Waals surface area contributed by atoms with E-state index in [0.717, 1.165) is 12.5 Å². The van der Waals surface area contributed by atoms with Crippen LogP contribution in [0.2, 0.25) is 0 Å². The van der Waals surface area contributed by atoms with Crippen LogP contribution in [-0.2, 0) is 0 Å². The summed E-state index contributed by atoms with van der Waals surface area (Å²) in [5.41, 5.74) is 0. The van der Waals surface area contributed by atoms with Gasteiger partial charge in [0.1, 0.15) is 0 Å². The number of piperidine rings is 1. The van der Waals surface area contributed by atoms with Gasteiger partial charge in [-0.2, -0.15) is 0 Å². The van der Waals surface area contributed by atoms with E-state index in [1.54, 1.807) is 0 Å². The third-order valence-electron chi connectivity index (χ3n) is 2.64. The van der Waals surface area contributed by atoms with Crippen molar-refractivity contribution in [3.05, 3.63) is 6.92 Å². The van der Waals surface area contributed by atoms with E-state index in [0.29, 0.717) is 0 Å². The van der Waals surface area contributed by atoms with Crippen molar-refractivity contribution in [2.24, 2.45) is 0 Å². The highest BCUT2D eigenvalue weighted by molar-refractivity contribution is 4.72. The van der Waals surface area contributed by atoms with E-state index in [2.05, 4.69) is 18.7 Å². The molecule has 0 saturated carbocycles. The van der Waals surface area contributed by atoms with Gasteiger partial charge in [-0.1, -0.05) is 19.8 Å². The van der Waals surface area contributed by atoms with Crippen LogP contribution in [0.15, 0.2) is 0 Å². The minimum Gasteiger partial charge on any atom is -0.301 e. The zero-order valence-corrected chi connectivity index (χ0v) is 7.68. The number of hydrogen-bond donors (Lipinski definition) is 0. The molecule has 1 fully saturated rings. The average Bonchev–Trinajstić information content (AvgIpc) is 2.03. The third-order valence-corrected chi connectivity index (χ3v) is 2.64. The largest absolute Gasteiger partial charge is 0.301 e. The quantitative estimate of drug-likeness (QED) is 0.603. The lowest BCUT2D eigenvalue weighted by Gasteiger charge is -2.33. The molecule has 1 nitrogen and oxygen atoms in total. The summed E-state index contributed by atoms with van der Waals surface area (Å²) in [6.07, 6.45) is 6.59. The number of nitrogens with zero attached hydrogens (tertiary/aromatic N) is 1. The summed E-state index contributed by atoms with van der Waals surface area (Å²) in [6.45, 7) is 8.81. The Balaban J connectivity index is 2.18. The highest BCUT2D eigenvalue weighted by Gasteiger charge is 2.16. The topological polar surface area (TPSA) is 3.24 Å². The molecule has 0 aromatic carbocycles. The zero-order chi connectivity index (χ0) is 8.10. The number of unbranched alkanes of at least 4 members (excludes halogenated alkanes) is 1. The molecule has 0 aliphatic carbocycles. The Kier molecular flexibility index (Phi) is 3.92. The molecule has 0 amide bonds. The smallest absolute Gasteiger partial charge is 0.00669 e. The Morgan fingerprint density at radius 2 is 2.27 bits per heavy atom. The Bertz CT molecular complexity index is 101. The Hall–Kier alpha value is -0.0400. The standard InChI is InChI=1S/C10H20N/c1-3-4-8-11-9-6-5-7-10(11)2/h10H,1,3-9H2,2H3. The second kappa shape index (κ2) is 4.76. The molecule has 1 heteroatoms. The van der Waals surface area contributed by atoms with Crippen molar-refractivity contribution in [2.75, 3.05) is 13.1 Å². The average molecular weight is 154 g/mol. The predicted octanol–water partition coefficient (Wildman–Crippen LogP) is 2.48. The lowest BCUT2D eigenvalue weighted by atomic mass is 10.0. The Morgan fingerprint density at radius 1 is 1.45 bits per heavy atom. The molecule has 1 atom stereocenters. The van der Waals surface area contributed by atoms with Crippen molar-refractivity contribution in [3.63, 3.8) is 0 Å². The first kappa shape index (κ1) is 9.05. The van der Waals surface area contributed by atoms with E-state index >= 15 is 0 Å². The van der Waals surface area contributed by atoms with Crippen molar-refractivity contribution >= 4 is 0 Å². The highest BCUT2D eigenvalue weighted by Crippen LogP contribution is 2.16. The second-order valence-corrected chi connectivity index (χ2v) is 3.59. The highest BCUT2D eigenvalue weighted by atomic mass is 15.1. The zero-order valence-electron chi connectivity index (χ0n) is 7.68. The van der Waals surface area contributed by atoms with Gasteiger partial charge in [-0.25, -0.2) is 0 Å². The van der Waals surface area contributed by atoms with Gasteiger partial charge in [0.15, 0.2) is 0 Å². The third kappa shape index (κ3) is 2.82. The molecule has 65 valence electrons. The fourth-order valence-corrected chi connectivity index (χ4v) is 1.80. The lowest BCUT2D eigenvalue weighted by molar-refractivity contribution is 0.159. The lowest BCUT2D eigenvalue weighted by Crippen LogP contribution is -2.37. The first-order valence-corrected chi connectivity index (χ1v) is 4.88. The van der Waals surface area contributed by atoms with Crippen molar-refractivity contribution in [1.29, 1.82) is 0 Å². The first-order valence-electron chi connectivity index (χ1n) is 4.88. The van der Waals surface area contributed by atoms with Crippen LogP contribution < -0.4 is 0 Å². The predicted molar refractivity (Wildman–Crippen MR) is 49.5 cm³/mol. The van der Waals surface area contributed by atoms with E-state index in [4.69, 9.17) is 0 Å². The molecule has 1 radical (unpaired) electrons. The molecule has 0 aromatic heterocycles. The van der Waals surface area contributed by atoms with Gasteiger partial charge in [0.2, 0.25) is 0 Å². The number of likely N-dealkylation sites (tertiary alicyclic amines) is 1. The minimum absolute atomic E-state index is 0.829. The first-order chi connectivity index (χ1) is 5.34. The molecular formula is C10H20N. The van der Waals surface area contributed by atoms with Gasteiger partial charge in [-0.3, -0.25) is 0 Å². The van der Waals surface area contributed by atoms with E-state index in [9.17, 15) is 0 Å². The number of rotatable bonds is 3. The minimum atomic E-state index is 0.829. The van der Waals surface area contributed by atoms with E-state index in [1.165, 1.54) is 38.8 Å². The summed E-state index contributed by atoms with van der Waals surface area (Å²) in [5, 5.41) is 0. The summed E-state index contributed by atoms with van der Waals surface area (Å²) < 4.78 is 0. The van der Waals surface area contributed by atoms with Gasteiger partial charge in [0, 0.05) is 6.04 Å². The normalized spacial score (nSPS) is 27.3. The van der Waals surface area contributed by atoms with Crippen LogP contribution in [0.3, 0.4) is 0 Å². The molecule has 1 rings (SSSR count). The molecule has 0 N–H and O–H groups in total. The van der Waals surface area contributed by atoms with Gasteiger partial charge in [-0.05, 0) is 39.3 Å². The molecule has 1 unspecified atom stereocenters. The molecular weight excluding hydrogens is 134 g/mol. The maximum Gasteiger partial charge on any atom is 0.00669 e. The van der Waals surface area contributed by atoms with Gasteiger partial charge in [-0.15, -0.1) is 0 Å². The maximum absolute atomic E-state index is 3.87. The summed E-state index contributed by atoms with van der Waals surface area (Å²) >= 11 is 0. The van der Waals surface area contributed by atoms with E-state index < -0.39 is 0 Å². The van der Waals surface area contributed by atoms with Crippen LogP contribution in [0.1, 0.15) is 39.0 Å². The van der Waals surface area contributed by atoms with Crippen molar-refractivity contribution < 1.29 is 0 Å². The Labute approximate surface area is 70.8 Å². The fraction of sp³-hybridized carbons (Fsp3) is 0.900. The van der Waals surface area contributed by atoms with Crippen LogP contribution in [0, 0.1) is 6.92 Å². The van der Waals surface area contributed by atoms with E-state index in [1.807, 2.05) is 0 Å². The van der Waals surface area contributed by atoms with Gasteiger partial charge < -0.3 is 4.90 Å². The van der Waals surface area contributed by atoms with Gasteiger partial charge >= 0.3 is 0 Å². The van der Waals surface area contributed by atoms with Gasteiger partial charge in [0.25, 0.3) is 0 Å². The summed E-state index contributed by atoms with van der Waals surface area (Å²) in [5.74, 6) is 0. The Morgan fingerprint density at radius 3 is 2.91 bits per heavy atom. The van der Waals surface area contributed by atoms with E-state index in [-0.39, 0.29) is 0 Å². The van der Waals surface area contributed by atoms with Crippen LogP contribution in [0.25, 0.3) is 0 Å². The molecule has 0 spiro atoms. The molecule has 0 aromatic rings. The second-order valence-electron chi connectivity index (χ2n) is 3.59. The molecule has 1 aliphatic rings. The van der Waals surface area contributed by atoms with Crippen molar-refractivity contribution in [1.82, 2.24) is 4.90 Å². The van der Waals surface area contributed by atoms with Crippen LogP contribution in [-0.4, -0.2) is 24.0 Å². The maximum atomic E-state index is 3.87. The number of hydrogen-bond acceptors (Lipinski definition) is 1. The monoisotopic (exact) mass is 154 g/mol.